The van der Waals surface area contributed by atoms with Gasteiger partial charge in [0.15, 0.2) is 0 Å². The molecule has 0 fully saturated rings. The molecule has 4 nitrogen and oxygen atoms in total. The predicted molar refractivity (Wildman–Crippen MR) is 69.0 cm³/mol. The Morgan fingerprint density at radius 3 is 2.81 bits per heavy atom. The zero-order chi connectivity index (χ0) is 12.1. The third kappa shape index (κ3) is 3.83. The summed E-state index contributed by atoms with van der Waals surface area (Å²) in [5, 5.41) is 2.59. The van der Waals surface area contributed by atoms with Gasteiger partial charge in [-0.05, 0) is 24.7 Å². The molecule has 1 rings (SSSR count). The Kier molecular flexibility index (Phi) is 4.76. The van der Waals surface area contributed by atoms with Crippen molar-refractivity contribution < 1.29 is 4.79 Å². The maximum atomic E-state index is 11.2. The number of hydrogen-bond donors (Lipinski definition) is 2. The van der Waals surface area contributed by atoms with Crippen LogP contribution < -0.4 is 11.1 Å². The Morgan fingerprint density at radius 2 is 2.25 bits per heavy atom. The highest BCUT2D eigenvalue weighted by atomic mass is 79.9. The van der Waals surface area contributed by atoms with Crippen LogP contribution in [-0.2, 0) is 11.3 Å². The maximum absolute atomic E-state index is 11.2. The summed E-state index contributed by atoms with van der Waals surface area (Å²) in [6.45, 7) is 1.03. The van der Waals surface area contributed by atoms with Gasteiger partial charge >= 0.3 is 0 Å². The molecule has 1 aromatic carbocycles. The van der Waals surface area contributed by atoms with Gasteiger partial charge in [-0.15, -0.1) is 0 Å². The molecule has 3 N–H and O–H groups in total. The monoisotopic (exact) mass is 285 g/mol. The second-order valence-corrected chi connectivity index (χ2v) is 4.60. The summed E-state index contributed by atoms with van der Waals surface area (Å²) in [7, 11) is 3.51. The molecule has 0 unspecified atom stereocenters. The molecule has 0 aliphatic rings. The number of nitrogens with two attached hydrogens (primary N) is 1. The zero-order valence-electron chi connectivity index (χ0n) is 9.46. The van der Waals surface area contributed by atoms with Crippen LogP contribution in [0, 0.1) is 0 Å². The molecule has 0 spiro atoms. The zero-order valence-corrected chi connectivity index (χ0v) is 11.0. The second kappa shape index (κ2) is 5.86. The van der Waals surface area contributed by atoms with E-state index in [1.807, 2.05) is 30.1 Å². The van der Waals surface area contributed by atoms with E-state index in [4.69, 9.17) is 5.73 Å². The Labute approximate surface area is 104 Å². The van der Waals surface area contributed by atoms with E-state index >= 15 is 0 Å². The van der Waals surface area contributed by atoms with E-state index in [1.165, 1.54) is 0 Å². The highest BCUT2D eigenvalue weighted by molar-refractivity contribution is 9.10. The van der Waals surface area contributed by atoms with Gasteiger partial charge in [0.1, 0.15) is 0 Å². The minimum absolute atomic E-state index is 0.00168. The molecule has 0 radical (unpaired) electrons. The summed E-state index contributed by atoms with van der Waals surface area (Å²) in [5.74, 6) is -0.00168. The average molecular weight is 286 g/mol. The molecule has 5 heteroatoms. The minimum atomic E-state index is -0.00168. The van der Waals surface area contributed by atoms with Crippen LogP contribution in [0.5, 0.6) is 0 Å². The van der Waals surface area contributed by atoms with Crippen molar-refractivity contribution in [3.63, 3.8) is 0 Å². The molecule has 1 amide bonds. The Bertz CT molecular complexity index is 381. The molecule has 0 aliphatic heterocycles. The van der Waals surface area contributed by atoms with Gasteiger partial charge in [-0.3, -0.25) is 9.69 Å². The second-order valence-electron chi connectivity index (χ2n) is 3.69. The largest absolute Gasteiger partial charge is 0.398 e. The van der Waals surface area contributed by atoms with Crippen molar-refractivity contribution in [1.29, 1.82) is 0 Å². The van der Waals surface area contributed by atoms with E-state index in [-0.39, 0.29) is 5.91 Å². The van der Waals surface area contributed by atoms with Crippen LogP contribution in [0.4, 0.5) is 5.69 Å². The number of carbonyl (C=O) groups is 1. The van der Waals surface area contributed by atoms with E-state index in [9.17, 15) is 4.79 Å². The first-order chi connectivity index (χ1) is 7.52. The standard InChI is InChI=1S/C11H16BrN3O/c1-14-11(16)7-15(2)6-8-3-4-9(12)5-10(8)13/h3-5H,6-7,13H2,1-2H3,(H,14,16). The number of nitrogens with one attached hydrogen (secondary N) is 1. The Hall–Kier alpha value is -1.07. The molecule has 0 atom stereocenters. The smallest absolute Gasteiger partial charge is 0.233 e. The number of anilines is 1. The molecule has 0 saturated carbocycles. The molecular formula is C11H16BrN3O. The molecule has 16 heavy (non-hydrogen) atoms. The first-order valence-corrected chi connectivity index (χ1v) is 5.75. The molecule has 0 aromatic heterocycles. The van der Waals surface area contributed by atoms with E-state index in [1.54, 1.807) is 7.05 Å². The van der Waals surface area contributed by atoms with Crippen LogP contribution in [0.15, 0.2) is 22.7 Å². The lowest BCUT2D eigenvalue weighted by atomic mass is 10.2. The summed E-state index contributed by atoms with van der Waals surface area (Å²) in [6, 6.07) is 5.77. The van der Waals surface area contributed by atoms with E-state index in [2.05, 4.69) is 21.2 Å². The van der Waals surface area contributed by atoms with E-state index in [0.29, 0.717) is 13.1 Å². The van der Waals surface area contributed by atoms with Gasteiger partial charge in [0, 0.05) is 23.8 Å². The summed E-state index contributed by atoms with van der Waals surface area (Å²) < 4.78 is 0.961. The van der Waals surface area contributed by atoms with E-state index in [0.717, 1.165) is 15.7 Å². The lowest BCUT2D eigenvalue weighted by Gasteiger charge is -2.16. The molecule has 1 aromatic rings. The molecule has 88 valence electrons. The van der Waals surface area contributed by atoms with Crippen LogP contribution in [0.25, 0.3) is 0 Å². The van der Waals surface area contributed by atoms with Crippen molar-refractivity contribution in [2.45, 2.75) is 6.54 Å². The topological polar surface area (TPSA) is 58.4 Å². The number of carbonyl (C=O) groups excluding carboxylic acids is 1. The number of nitrogens with zero attached hydrogens (tertiary/aromatic N) is 1. The molecular weight excluding hydrogens is 270 g/mol. The van der Waals surface area contributed by atoms with Crippen molar-refractivity contribution in [1.82, 2.24) is 10.2 Å². The van der Waals surface area contributed by atoms with Gasteiger partial charge in [-0.2, -0.15) is 0 Å². The third-order valence-electron chi connectivity index (χ3n) is 2.24. The summed E-state index contributed by atoms with van der Waals surface area (Å²) in [4.78, 5) is 13.1. The number of nitrogen functional groups attached to an aromatic ring is 1. The van der Waals surface area contributed by atoms with Crippen LogP contribution in [0.2, 0.25) is 0 Å². The molecule has 0 bridgehead atoms. The van der Waals surface area contributed by atoms with Crippen LogP contribution in [0.1, 0.15) is 5.56 Å². The van der Waals surface area contributed by atoms with Crippen molar-refractivity contribution in [2.75, 3.05) is 26.4 Å². The first-order valence-electron chi connectivity index (χ1n) is 4.96. The Morgan fingerprint density at radius 1 is 1.56 bits per heavy atom. The van der Waals surface area contributed by atoms with Crippen LogP contribution in [0.3, 0.4) is 0 Å². The number of benzene rings is 1. The highest BCUT2D eigenvalue weighted by Gasteiger charge is 2.07. The van der Waals surface area contributed by atoms with Crippen molar-refractivity contribution >= 4 is 27.5 Å². The minimum Gasteiger partial charge on any atom is -0.398 e. The maximum Gasteiger partial charge on any atom is 0.233 e. The summed E-state index contributed by atoms with van der Waals surface area (Å²) in [6.07, 6.45) is 0. The van der Waals surface area contributed by atoms with Gasteiger partial charge in [0.25, 0.3) is 0 Å². The predicted octanol–water partition coefficient (Wildman–Crippen LogP) is 1.21. The number of amides is 1. The lowest BCUT2D eigenvalue weighted by Crippen LogP contribution is -2.32. The van der Waals surface area contributed by atoms with Gasteiger partial charge in [0.2, 0.25) is 5.91 Å². The van der Waals surface area contributed by atoms with E-state index < -0.39 is 0 Å². The number of rotatable bonds is 4. The normalized spacial score (nSPS) is 10.5. The van der Waals surface area contributed by atoms with Gasteiger partial charge in [-0.25, -0.2) is 0 Å². The van der Waals surface area contributed by atoms with Crippen molar-refractivity contribution in [3.8, 4) is 0 Å². The van der Waals surface area contributed by atoms with Gasteiger partial charge < -0.3 is 11.1 Å². The number of likely N-dealkylation sites (N-methyl/N-ethyl adjacent to an activating group) is 2. The summed E-state index contributed by atoms with van der Waals surface area (Å²) >= 11 is 3.36. The van der Waals surface area contributed by atoms with Gasteiger partial charge in [0.05, 0.1) is 6.54 Å². The summed E-state index contributed by atoms with van der Waals surface area (Å²) in [5.41, 5.74) is 7.63. The fraction of sp³-hybridized carbons (Fsp3) is 0.364. The molecule has 0 saturated heterocycles. The highest BCUT2D eigenvalue weighted by Crippen LogP contribution is 2.19. The first kappa shape index (κ1) is 13.0. The van der Waals surface area contributed by atoms with Crippen molar-refractivity contribution in [3.05, 3.63) is 28.2 Å². The van der Waals surface area contributed by atoms with Crippen molar-refractivity contribution in [2.24, 2.45) is 0 Å². The van der Waals surface area contributed by atoms with Crippen LogP contribution >= 0.6 is 15.9 Å². The van der Waals surface area contributed by atoms with Gasteiger partial charge in [-0.1, -0.05) is 22.0 Å². The fourth-order valence-electron chi connectivity index (χ4n) is 1.38. The number of hydrogen-bond acceptors (Lipinski definition) is 3. The molecule has 0 aliphatic carbocycles. The fourth-order valence-corrected chi connectivity index (χ4v) is 1.76. The SMILES string of the molecule is CNC(=O)CN(C)Cc1ccc(Br)cc1N. The third-order valence-corrected chi connectivity index (χ3v) is 2.73. The quantitative estimate of drug-likeness (QED) is 0.818. The average Bonchev–Trinajstić information content (AvgIpc) is 2.22. The number of halogens is 1. The van der Waals surface area contributed by atoms with Crippen LogP contribution in [-0.4, -0.2) is 31.4 Å². The lowest BCUT2D eigenvalue weighted by molar-refractivity contribution is -0.121. The molecule has 0 heterocycles. The Balaban J connectivity index is 2.62.